The number of rotatable bonds is 0. The molecule has 0 aromatic carbocycles. The van der Waals surface area contributed by atoms with Gasteiger partial charge in [0.1, 0.15) is 6.10 Å². The van der Waals surface area contributed by atoms with Crippen LogP contribution in [0.2, 0.25) is 0 Å². The number of ether oxygens (including phenoxy) is 2. The molecule has 3 N–H and O–H groups in total. The van der Waals surface area contributed by atoms with Gasteiger partial charge in [0.05, 0.1) is 24.2 Å². The Morgan fingerprint density at radius 2 is 1.71 bits per heavy atom. The fourth-order valence-corrected chi connectivity index (χ4v) is 4.73. The van der Waals surface area contributed by atoms with Crippen LogP contribution in [0.5, 0.6) is 0 Å². The first kappa shape index (κ1) is 23.3. The highest BCUT2D eigenvalue weighted by Gasteiger charge is 2.52. The second-order valence-electron chi connectivity index (χ2n) is 9.25. The Balaban J connectivity index is 2.46. The Bertz CT molecular complexity index is 590. The van der Waals surface area contributed by atoms with Crippen molar-refractivity contribution in [1.29, 1.82) is 0 Å². The smallest absolute Gasteiger partial charge is 0.311 e. The normalized spacial score (nSPS) is 50.9. The molecule has 2 rings (SSSR count). The molecule has 0 aromatic rings. The van der Waals surface area contributed by atoms with Crippen molar-refractivity contribution in [2.24, 2.45) is 29.6 Å². The van der Waals surface area contributed by atoms with Gasteiger partial charge in [-0.05, 0) is 38.7 Å². The van der Waals surface area contributed by atoms with Crippen molar-refractivity contribution in [3.63, 3.8) is 0 Å². The van der Waals surface area contributed by atoms with E-state index in [1.165, 1.54) is 0 Å². The zero-order valence-corrected chi connectivity index (χ0v) is 18.3. The summed E-state index contributed by atoms with van der Waals surface area (Å²) in [5, 5.41) is 33.1. The van der Waals surface area contributed by atoms with E-state index in [0.717, 1.165) is 0 Å². The Hall–Kier alpha value is -0.950. The summed E-state index contributed by atoms with van der Waals surface area (Å²) in [6, 6.07) is 0. The SMILES string of the molecule is C/C1=C/CC(C)OC(=O)[C@H](C)[C@@H](O)[C@H](C)[C@@H]2O[C@@](O)([C@H](C)C[C@@H]2C)[C@H](C)[C@H]1O. The number of esters is 1. The van der Waals surface area contributed by atoms with Gasteiger partial charge < -0.3 is 24.8 Å². The number of hydrogen-bond donors (Lipinski definition) is 3. The summed E-state index contributed by atoms with van der Waals surface area (Å²) < 4.78 is 11.7. The molecule has 1 unspecified atom stereocenters. The lowest BCUT2D eigenvalue weighted by Gasteiger charge is -2.51. The molecule has 10 atom stereocenters. The predicted molar refractivity (Wildman–Crippen MR) is 106 cm³/mol. The van der Waals surface area contributed by atoms with E-state index in [1.54, 1.807) is 20.8 Å². The van der Waals surface area contributed by atoms with Crippen molar-refractivity contribution >= 4 is 5.97 Å². The molecule has 6 nitrogen and oxygen atoms in total. The lowest BCUT2D eigenvalue weighted by Crippen LogP contribution is -2.59. The Morgan fingerprint density at radius 3 is 2.32 bits per heavy atom. The number of aliphatic hydroxyl groups is 3. The third-order valence-electron chi connectivity index (χ3n) is 6.94. The summed E-state index contributed by atoms with van der Waals surface area (Å²) in [7, 11) is 0. The minimum atomic E-state index is -1.51. The van der Waals surface area contributed by atoms with E-state index < -0.39 is 41.9 Å². The average molecular weight is 399 g/mol. The van der Waals surface area contributed by atoms with Crippen LogP contribution in [0.15, 0.2) is 11.6 Å². The van der Waals surface area contributed by atoms with Crippen molar-refractivity contribution in [2.45, 2.75) is 91.5 Å². The average Bonchev–Trinajstić information content (AvgIpc) is 2.65. The van der Waals surface area contributed by atoms with Gasteiger partial charge in [-0.25, -0.2) is 0 Å². The molecule has 0 spiro atoms. The van der Waals surface area contributed by atoms with Gasteiger partial charge in [-0.2, -0.15) is 0 Å². The molecule has 1 saturated heterocycles. The van der Waals surface area contributed by atoms with Crippen LogP contribution >= 0.6 is 0 Å². The fraction of sp³-hybridized carbons (Fsp3) is 0.864. The number of hydrogen-bond acceptors (Lipinski definition) is 6. The zero-order valence-electron chi connectivity index (χ0n) is 18.3. The van der Waals surface area contributed by atoms with Crippen LogP contribution in [-0.4, -0.2) is 51.5 Å². The van der Waals surface area contributed by atoms with Crippen molar-refractivity contribution in [2.75, 3.05) is 0 Å². The van der Waals surface area contributed by atoms with Crippen molar-refractivity contribution in [3.05, 3.63) is 11.6 Å². The fourth-order valence-electron chi connectivity index (χ4n) is 4.73. The monoisotopic (exact) mass is 398 g/mol. The summed E-state index contributed by atoms with van der Waals surface area (Å²) in [6.45, 7) is 12.9. The minimum Gasteiger partial charge on any atom is -0.462 e. The van der Waals surface area contributed by atoms with Crippen LogP contribution in [0.1, 0.15) is 61.3 Å². The van der Waals surface area contributed by atoms with E-state index in [9.17, 15) is 20.1 Å². The maximum absolute atomic E-state index is 12.5. The van der Waals surface area contributed by atoms with Gasteiger partial charge in [0.25, 0.3) is 0 Å². The number of carbonyl (C=O) groups excluding carboxylic acids is 1. The summed E-state index contributed by atoms with van der Waals surface area (Å²) >= 11 is 0. The first-order chi connectivity index (χ1) is 12.9. The second kappa shape index (κ2) is 8.82. The van der Waals surface area contributed by atoms with Crippen LogP contribution in [-0.2, 0) is 14.3 Å². The minimum absolute atomic E-state index is 0.0935. The van der Waals surface area contributed by atoms with Gasteiger partial charge in [-0.15, -0.1) is 0 Å². The Kier molecular flexibility index (Phi) is 7.35. The molecule has 2 heterocycles. The molecule has 6 heteroatoms. The maximum atomic E-state index is 12.5. The molecular formula is C22H38O6. The lowest BCUT2D eigenvalue weighted by atomic mass is 9.72. The summed E-state index contributed by atoms with van der Waals surface area (Å²) in [5.41, 5.74) is 0.716. The van der Waals surface area contributed by atoms with Crippen molar-refractivity contribution < 1.29 is 29.6 Å². The highest BCUT2D eigenvalue weighted by molar-refractivity contribution is 5.72. The molecular weight excluding hydrogens is 360 g/mol. The number of carbonyl (C=O) groups is 1. The van der Waals surface area contributed by atoms with Crippen LogP contribution in [0.25, 0.3) is 0 Å². The molecule has 28 heavy (non-hydrogen) atoms. The van der Waals surface area contributed by atoms with Crippen LogP contribution in [0.4, 0.5) is 0 Å². The van der Waals surface area contributed by atoms with Crippen molar-refractivity contribution in [3.8, 4) is 0 Å². The molecule has 162 valence electrons. The molecule has 0 radical (unpaired) electrons. The molecule has 0 saturated carbocycles. The third-order valence-corrected chi connectivity index (χ3v) is 6.94. The summed E-state index contributed by atoms with van der Waals surface area (Å²) in [4.78, 5) is 12.5. The van der Waals surface area contributed by atoms with Crippen LogP contribution < -0.4 is 0 Å². The topological polar surface area (TPSA) is 96.2 Å². The molecule has 2 aliphatic rings. The molecule has 2 bridgehead atoms. The zero-order chi connectivity index (χ0) is 21.4. The predicted octanol–water partition coefficient (Wildman–Crippen LogP) is 2.65. The number of aliphatic hydroxyl groups excluding tert-OH is 2. The van der Waals surface area contributed by atoms with Gasteiger partial charge in [-0.1, -0.05) is 33.8 Å². The van der Waals surface area contributed by atoms with E-state index in [1.807, 2.05) is 33.8 Å². The molecule has 0 aliphatic carbocycles. The van der Waals surface area contributed by atoms with E-state index in [0.29, 0.717) is 18.4 Å². The largest absolute Gasteiger partial charge is 0.462 e. The maximum Gasteiger partial charge on any atom is 0.311 e. The highest BCUT2D eigenvalue weighted by Crippen LogP contribution is 2.45. The Labute approximate surface area is 168 Å². The van der Waals surface area contributed by atoms with Gasteiger partial charge in [0, 0.05) is 24.2 Å². The first-order valence-electron chi connectivity index (χ1n) is 10.5. The second-order valence-corrected chi connectivity index (χ2v) is 9.25. The van der Waals surface area contributed by atoms with Gasteiger partial charge in [0.15, 0.2) is 5.79 Å². The Morgan fingerprint density at radius 1 is 1.11 bits per heavy atom. The number of fused-ring (bicyclic) bond motifs is 2. The van der Waals surface area contributed by atoms with Gasteiger partial charge in [0.2, 0.25) is 0 Å². The lowest BCUT2D eigenvalue weighted by molar-refractivity contribution is -0.334. The van der Waals surface area contributed by atoms with Gasteiger partial charge >= 0.3 is 5.97 Å². The quantitative estimate of drug-likeness (QED) is 0.429. The standard InChI is InChI=1S/C22H38O6/c1-11-8-9-14(4)27-21(25)16(6)19(24)15(5)20-12(2)10-13(3)22(26,28-20)17(7)18(11)23/h8,12-20,23-24,26H,9-10H2,1-7H3/b11-8-/t12-,13+,14?,15-,16+,17+,18-,19-,20+,22-/m0/s1. The van der Waals surface area contributed by atoms with Crippen molar-refractivity contribution in [1.82, 2.24) is 0 Å². The van der Waals surface area contributed by atoms with E-state index in [4.69, 9.17) is 9.47 Å². The van der Waals surface area contributed by atoms with Gasteiger partial charge in [-0.3, -0.25) is 4.79 Å². The third kappa shape index (κ3) is 4.45. The molecule has 1 fully saturated rings. The van der Waals surface area contributed by atoms with Crippen LogP contribution in [0, 0.1) is 29.6 Å². The summed E-state index contributed by atoms with van der Waals surface area (Å²) in [5.74, 6) is -3.66. The molecule has 2 aliphatic heterocycles. The van der Waals surface area contributed by atoms with Crippen LogP contribution in [0.3, 0.4) is 0 Å². The number of cyclic esters (lactones) is 1. The first-order valence-corrected chi connectivity index (χ1v) is 10.5. The van der Waals surface area contributed by atoms with E-state index in [2.05, 4.69) is 0 Å². The summed E-state index contributed by atoms with van der Waals surface area (Å²) in [6.07, 6.45) is 0.352. The highest BCUT2D eigenvalue weighted by atomic mass is 16.6. The van der Waals surface area contributed by atoms with E-state index in [-0.39, 0.29) is 23.9 Å². The molecule has 0 amide bonds. The molecule has 0 aromatic heterocycles. The van der Waals surface area contributed by atoms with E-state index >= 15 is 0 Å².